The van der Waals surface area contributed by atoms with E-state index in [-0.39, 0.29) is 35.9 Å². The third-order valence-corrected chi connectivity index (χ3v) is 5.98. The zero-order valence-corrected chi connectivity index (χ0v) is 20.3. The number of hydrogen-bond acceptors (Lipinski definition) is 6. The van der Waals surface area contributed by atoms with Crippen molar-refractivity contribution >= 4 is 17.5 Å². The van der Waals surface area contributed by atoms with E-state index in [1.165, 1.54) is 0 Å². The normalized spacial score (nSPS) is 17.4. The Labute approximate surface area is 197 Å². The highest BCUT2D eigenvalue weighted by Gasteiger charge is 2.26. The quantitative estimate of drug-likeness (QED) is 0.670. The summed E-state index contributed by atoms with van der Waals surface area (Å²) in [5.41, 5.74) is 6.60. The predicted molar refractivity (Wildman–Crippen MR) is 127 cm³/mol. The lowest BCUT2D eigenvalue weighted by molar-refractivity contribution is -0.137. The van der Waals surface area contributed by atoms with Crippen LogP contribution in [-0.2, 0) is 9.59 Å². The van der Waals surface area contributed by atoms with Gasteiger partial charge in [0.15, 0.2) is 0 Å². The second kappa shape index (κ2) is 12.4. The van der Waals surface area contributed by atoms with Crippen LogP contribution in [0.4, 0.5) is 5.69 Å². The summed E-state index contributed by atoms with van der Waals surface area (Å²) < 4.78 is 5.91. The number of nitriles is 1. The van der Waals surface area contributed by atoms with E-state index < -0.39 is 0 Å². The second-order valence-corrected chi connectivity index (χ2v) is 9.34. The van der Waals surface area contributed by atoms with Crippen LogP contribution in [0.1, 0.15) is 58.9 Å². The number of nitrogens with zero attached hydrogens (tertiary/aromatic N) is 3. The maximum atomic E-state index is 11.9. The number of hydrogen-bond donors (Lipinski definition) is 2. The fourth-order valence-corrected chi connectivity index (χ4v) is 3.96. The van der Waals surface area contributed by atoms with Crippen LogP contribution in [0.25, 0.3) is 0 Å². The van der Waals surface area contributed by atoms with Gasteiger partial charge in [-0.1, -0.05) is 33.8 Å². The topological polar surface area (TPSA) is 120 Å². The van der Waals surface area contributed by atoms with Crippen molar-refractivity contribution in [2.45, 2.75) is 65.6 Å². The SMILES string of the molecule is CC(C)C(=O)N1CCC(O)CC1.CC(C)C(=O)N1CCC(Oc2cccc(N)c2C#N)CC1. The van der Waals surface area contributed by atoms with Crippen molar-refractivity contribution in [1.82, 2.24) is 9.80 Å². The van der Waals surface area contributed by atoms with Crippen LogP contribution in [0, 0.1) is 23.2 Å². The predicted octanol–water partition coefficient (Wildman–Crippen LogP) is 2.79. The van der Waals surface area contributed by atoms with Gasteiger partial charge < -0.3 is 25.4 Å². The Balaban J connectivity index is 0.000000273. The van der Waals surface area contributed by atoms with E-state index in [0.717, 1.165) is 38.8 Å². The largest absolute Gasteiger partial charge is 0.489 e. The number of aliphatic hydroxyl groups is 1. The molecule has 2 heterocycles. The highest BCUT2D eigenvalue weighted by molar-refractivity contribution is 5.78. The van der Waals surface area contributed by atoms with E-state index in [2.05, 4.69) is 6.07 Å². The van der Waals surface area contributed by atoms with Crippen LogP contribution in [0.5, 0.6) is 5.75 Å². The molecule has 0 radical (unpaired) electrons. The molecule has 0 aliphatic carbocycles. The minimum absolute atomic E-state index is 0.0233. The average Bonchev–Trinajstić information content (AvgIpc) is 2.79. The molecule has 33 heavy (non-hydrogen) atoms. The highest BCUT2D eigenvalue weighted by atomic mass is 16.5. The number of amides is 2. The fourth-order valence-electron chi connectivity index (χ4n) is 3.96. The number of nitrogen functional groups attached to an aromatic ring is 1. The number of ether oxygens (including phenoxy) is 1. The monoisotopic (exact) mass is 458 g/mol. The molecular formula is C25H38N4O4. The summed E-state index contributed by atoms with van der Waals surface area (Å²) in [6.45, 7) is 10.5. The molecule has 1 aromatic carbocycles. The molecule has 8 heteroatoms. The number of anilines is 1. The van der Waals surface area contributed by atoms with E-state index in [9.17, 15) is 14.7 Å². The van der Waals surface area contributed by atoms with E-state index in [1.54, 1.807) is 18.2 Å². The lowest BCUT2D eigenvalue weighted by Gasteiger charge is -2.33. The fraction of sp³-hybridized carbons (Fsp3) is 0.640. The molecule has 0 bridgehead atoms. The molecule has 0 saturated carbocycles. The summed E-state index contributed by atoms with van der Waals surface area (Å²) >= 11 is 0. The molecule has 0 atom stereocenters. The summed E-state index contributed by atoms with van der Waals surface area (Å²) in [5, 5.41) is 18.4. The summed E-state index contributed by atoms with van der Waals surface area (Å²) in [6, 6.07) is 7.32. The minimum atomic E-state index is -0.193. The number of aliphatic hydroxyl groups excluding tert-OH is 1. The lowest BCUT2D eigenvalue weighted by atomic mass is 10.1. The molecule has 182 valence electrons. The molecule has 0 aromatic heterocycles. The van der Waals surface area contributed by atoms with Crippen molar-refractivity contribution in [3.05, 3.63) is 23.8 Å². The summed E-state index contributed by atoms with van der Waals surface area (Å²) in [6.07, 6.45) is 2.85. The van der Waals surface area contributed by atoms with Crippen molar-refractivity contribution in [1.29, 1.82) is 5.26 Å². The first-order valence-corrected chi connectivity index (χ1v) is 11.8. The molecule has 3 N–H and O–H groups in total. The Hall–Kier alpha value is -2.79. The third-order valence-electron chi connectivity index (χ3n) is 5.98. The Morgan fingerprint density at radius 1 is 1.00 bits per heavy atom. The highest BCUT2D eigenvalue weighted by Crippen LogP contribution is 2.27. The molecule has 2 aliphatic heterocycles. The number of piperidine rings is 2. The van der Waals surface area contributed by atoms with Crippen molar-refractivity contribution in [3.8, 4) is 11.8 Å². The van der Waals surface area contributed by atoms with Gasteiger partial charge in [0.05, 0.1) is 11.8 Å². The van der Waals surface area contributed by atoms with E-state index in [4.69, 9.17) is 15.7 Å². The van der Waals surface area contributed by atoms with Crippen LogP contribution < -0.4 is 10.5 Å². The van der Waals surface area contributed by atoms with Crippen molar-refractivity contribution in [3.63, 3.8) is 0 Å². The van der Waals surface area contributed by atoms with Gasteiger partial charge in [-0.25, -0.2) is 0 Å². The Morgan fingerprint density at radius 3 is 1.94 bits per heavy atom. The first-order chi connectivity index (χ1) is 15.6. The molecule has 8 nitrogen and oxygen atoms in total. The van der Waals surface area contributed by atoms with Crippen LogP contribution in [0.2, 0.25) is 0 Å². The van der Waals surface area contributed by atoms with E-state index in [0.29, 0.717) is 30.1 Å². The standard InChI is InChI=1S/C16H21N3O2.C9H17NO2/c1-11(2)16(20)19-8-6-12(7-9-19)21-15-5-3-4-14(18)13(15)10-17;1-7(2)9(12)10-5-3-8(11)4-6-10/h3-5,11-12H,6-9,18H2,1-2H3;7-8,11H,3-6H2,1-2H3. The number of carbonyl (C=O) groups is 2. The van der Waals surface area contributed by atoms with Gasteiger partial charge in [-0.2, -0.15) is 5.26 Å². The van der Waals surface area contributed by atoms with Gasteiger partial charge in [0, 0.05) is 50.9 Å². The van der Waals surface area contributed by atoms with Gasteiger partial charge >= 0.3 is 0 Å². The molecule has 0 unspecified atom stereocenters. The van der Waals surface area contributed by atoms with Crippen molar-refractivity contribution < 1.29 is 19.4 Å². The zero-order chi connectivity index (χ0) is 24.5. The number of rotatable bonds is 4. The molecule has 2 aliphatic rings. The van der Waals surface area contributed by atoms with Crippen molar-refractivity contribution in [2.24, 2.45) is 11.8 Å². The first-order valence-electron chi connectivity index (χ1n) is 11.8. The van der Waals surface area contributed by atoms with E-state index in [1.807, 2.05) is 37.5 Å². The summed E-state index contributed by atoms with van der Waals surface area (Å²) in [7, 11) is 0. The Kier molecular flexibility index (Phi) is 9.98. The number of benzene rings is 1. The Bertz CT molecular complexity index is 833. The Morgan fingerprint density at radius 2 is 1.48 bits per heavy atom. The average molecular weight is 459 g/mol. The van der Waals surface area contributed by atoms with Crippen LogP contribution in [0.3, 0.4) is 0 Å². The van der Waals surface area contributed by atoms with Gasteiger partial charge in [-0.05, 0) is 25.0 Å². The lowest BCUT2D eigenvalue weighted by Crippen LogP contribution is -2.43. The first kappa shape index (κ1) is 26.5. The molecule has 1 aromatic rings. The van der Waals surface area contributed by atoms with Crippen molar-refractivity contribution in [2.75, 3.05) is 31.9 Å². The molecule has 0 spiro atoms. The van der Waals surface area contributed by atoms with Gasteiger partial charge in [0.1, 0.15) is 23.5 Å². The molecule has 2 saturated heterocycles. The molecule has 2 fully saturated rings. The summed E-state index contributed by atoms with van der Waals surface area (Å²) in [5.74, 6) is 1.05. The number of likely N-dealkylation sites (tertiary alicyclic amines) is 2. The zero-order valence-electron chi connectivity index (χ0n) is 20.3. The van der Waals surface area contributed by atoms with Gasteiger partial charge in [-0.15, -0.1) is 0 Å². The number of carbonyl (C=O) groups excluding carboxylic acids is 2. The third kappa shape index (κ3) is 7.64. The van der Waals surface area contributed by atoms with Crippen LogP contribution >= 0.6 is 0 Å². The van der Waals surface area contributed by atoms with Crippen LogP contribution in [-0.4, -0.2) is 65.1 Å². The minimum Gasteiger partial charge on any atom is -0.489 e. The maximum Gasteiger partial charge on any atom is 0.225 e. The number of nitrogens with two attached hydrogens (primary N) is 1. The maximum absolute atomic E-state index is 11.9. The molecular weight excluding hydrogens is 420 g/mol. The summed E-state index contributed by atoms with van der Waals surface area (Å²) in [4.78, 5) is 27.1. The van der Waals surface area contributed by atoms with Crippen LogP contribution in [0.15, 0.2) is 18.2 Å². The molecule has 2 amide bonds. The van der Waals surface area contributed by atoms with Gasteiger partial charge in [0.2, 0.25) is 11.8 Å². The second-order valence-electron chi connectivity index (χ2n) is 9.34. The van der Waals surface area contributed by atoms with Gasteiger partial charge in [0.25, 0.3) is 0 Å². The molecule has 3 rings (SSSR count). The van der Waals surface area contributed by atoms with E-state index >= 15 is 0 Å². The smallest absolute Gasteiger partial charge is 0.225 e. The van der Waals surface area contributed by atoms with Gasteiger partial charge in [-0.3, -0.25) is 9.59 Å².